The second kappa shape index (κ2) is 7.74. The molecule has 1 aliphatic rings. The summed E-state index contributed by atoms with van der Waals surface area (Å²) in [5.41, 5.74) is 8.24. The number of hydrogen-bond donors (Lipinski definition) is 2. The van der Waals surface area contributed by atoms with Gasteiger partial charge in [0.1, 0.15) is 18.1 Å². The molecule has 0 aliphatic carbocycles. The van der Waals surface area contributed by atoms with Gasteiger partial charge in [0.2, 0.25) is 0 Å². The Bertz CT molecular complexity index is 1030. The average Bonchev–Trinajstić information content (AvgIpc) is 3.22. The smallest absolute Gasteiger partial charge is 0.280 e. The Labute approximate surface area is 166 Å². The molecule has 7 heteroatoms. The zero-order chi connectivity index (χ0) is 19.5. The number of benzene rings is 2. The van der Waals surface area contributed by atoms with E-state index in [9.17, 15) is 9.59 Å². The quantitative estimate of drug-likeness (QED) is 0.666. The van der Waals surface area contributed by atoms with Crippen molar-refractivity contribution in [3.63, 3.8) is 0 Å². The summed E-state index contributed by atoms with van der Waals surface area (Å²) in [7, 11) is 0. The molecule has 0 spiro atoms. The number of hydrazine groups is 1. The van der Waals surface area contributed by atoms with Crippen LogP contribution in [0.5, 0.6) is 11.5 Å². The van der Waals surface area contributed by atoms with E-state index in [1.165, 1.54) is 11.3 Å². The first-order chi connectivity index (χ1) is 13.6. The topological polar surface area (TPSA) is 76.7 Å². The summed E-state index contributed by atoms with van der Waals surface area (Å²) in [6.45, 7) is 2.94. The number of ether oxygens (including phenoxy) is 2. The van der Waals surface area contributed by atoms with Gasteiger partial charge in [-0.15, -0.1) is 11.3 Å². The normalized spacial score (nSPS) is 12.3. The number of fused-ring (bicyclic) bond motifs is 1. The third kappa shape index (κ3) is 3.70. The Balaban J connectivity index is 1.44. The maximum Gasteiger partial charge on any atom is 0.280 e. The maximum absolute atomic E-state index is 12.6. The van der Waals surface area contributed by atoms with E-state index in [0.717, 1.165) is 16.7 Å². The summed E-state index contributed by atoms with van der Waals surface area (Å²) in [5, 5.41) is 1.85. The summed E-state index contributed by atoms with van der Waals surface area (Å²) < 4.78 is 10.9. The highest BCUT2D eigenvalue weighted by molar-refractivity contribution is 7.12. The molecule has 1 aromatic heterocycles. The van der Waals surface area contributed by atoms with Crippen LogP contribution in [0.2, 0.25) is 0 Å². The third-order valence-corrected chi connectivity index (χ3v) is 5.24. The predicted octanol–water partition coefficient (Wildman–Crippen LogP) is 3.57. The summed E-state index contributed by atoms with van der Waals surface area (Å²) >= 11 is 1.32. The van der Waals surface area contributed by atoms with Gasteiger partial charge in [0.25, 0.3) is 11.8 Å². The van der Waals surface area contributed by atoms with E-state index < -0.39 is 5.91 Å². The van der Waals surface area contributed by atoms with E-state index in [0.29, 0.717) is 35.2 Å². The molecule has 0 atom stereocenters. The number of aryl methyl sites for hydroxylation is 1. The largest absolute Gasteiger partial charge is 0.486 e. The first-order valence-electron chi connectivity index (χ1n) is 8.77. The molecule has 3 aromatic rings. The van der Waals surface area contributed by atoms with Gasteiger partial charge in [-0.2, -0.15) is 0 Å². The van der Waals surface area contributed by atoms with E-state index in [-0.39, 0.29) is 5.91 Å². The first kappa shape index (κ1) is 18.1. The van der Waals surface area contributed by atoms with Crippen molar-refractivity contribution in [1.82, 2.24) is 10.9 Å². The van der Waals surface area contributed by atoms with Crippen LogP contribution in [-0.2, 0) is 0 Å². The van der Waals surface area contributed by atoms with Crippen LogP contribution in [0.3, 0.4) is 0 Å². The molecule has 28 heavy (non-hydrogen) atoms. The second-order valence-electron chi connectivity index (χ2n) is 6.30. The van der Waals surface area contributed by atoms with Crippen molar-refractivity contribution in [3.05, 3.63) is 69.9 Å². The highest BCUT2D eigenvalue weighted by atomic mass is 32.1. The molecule has 0 bridgehead atoms. The van der Waals surface area contributed by atoms with Crippen molar-refractivity contribution in [3.8, 4) is 22.6 Å². The molecule has 2 amide bonds. The van der Waals surface area contributed by atoms with Gasteiger partial charge in [0.15, 0.2) is 11.5 Å². The molecule has 4 rings (SSSR count). The zero-order valence-electron chi connectivity index (χ0n) is 15.2. The zero-order valence-corrected chi connectivity index (χ0v) is 16.0. The number of carbonyl (C=O) groups excluding carboxylic acids is 2. The lowest BCUT2D eigenvalue weighted by Crippen LogP contribution is -2.41. The van der Waals surface area contributed by atoms with E-state index in [1.807, 2.05) is 42.6 Å². The van der Waals surface area contributed by atoms with E-state index in [1.54, 1.807) is 18.2 Å². The van der Waals surface area contributed by atoms with Gasteiger partial charge in [-0.25, -0.2) is 0 Å². The van der Waals surface area contributed by atoms with Crippen molar-refractivity contribution in [2.45, 2.75) is 6.92 Å². The van der Waals surface area contributed by atoms with Crippen LogP contribution < -0.4 is 20.3 Å². The van der Waals surface area contributed by atoms with Gasteiger partial charge in [0.05, 0.1) is 0 Å². The molecular weight excluding hydrogens is 376 g/mol. The minimum Gasteiger partial charge on any atom is -0.486 e. The third-order valence-electron chi connectivity index (χ3n) is 4.33. The molecule has 0 fully saturated rings. The van der Waals surface area contributed by atoms with Crippen molar-refractivity contribution in [2.75, 3.05) is 13.2 Å². The minimum atomic E-state index is -0.432. The summed E-state index contributed by atoms with van der Waals surface area (Å²) in [4.78, 5) is 25.5. The van der Waals surface area contributed by atoms with Gasteiger partial charge in [-0.3, -0.25) is 20.4 Å². The number of hydrogen-bond acceptors (Lipinski definition) is 5. The maximum atomic E-state index is 12.6. The molecule has 0 saturated heterocycles. The minimum absolute atomic E-state index is 0.364. The van der Waals surface area contributed by atoms with Crippen LogP contribution in [0.4, 0.5) is 0 Å². The summed E-state index contributed by atoms with van der Waals surface area (Å²) in [5.74, 6) is 0.327. The highest BCUT2D eigenvalue weighted by Crippen LogP contribution is 2.31. The van der Waals surface area contributed by atoms with Crippen LogP contribution in [0.1, 0.15) is 25.6 Å². The monoisotopic (exact) mass is 394 g/mol. The standard InChI is InChI=1S/C21H18N2O4S/c1-13-2-4-14(5-3-13)16-8-11-28-19(16)21(25)23-22-20(24)15-6-7-17-18(12-15)27-10-9-26-17/h2-8,11-12H,9-10H2,1H3,(H,22,24)(H,23,25). The van der Waals surface area contributed by atoms with Crippen LogP contribution >= 0.6 is 11.3 Å². The Morgan fingerprint density at radius 1 is 0.893 bits per heavy atom. The fourth-order valence-corrected chi connectivity index (χ4v) is 3.68. The van der Waals surface area contributed by atoms with Crippen LogP contribution in [-0.4, -0.2) is 25.0 Å². The molecule has 0 saturated carbocycles. The van der Waals surface area contributed by atoms with Crippen LogP contribution in [0.15, 0.2) is 53.9 Å². The first-order valence-corrected chi connectivity index (χ1v) is 9.64. The average molecular weight is 394 g/mol. The van der Waals surface area contributed by atoms with Gasteiger partial charge in [-0.05, 0) is 42.1 Å². The van der Waals surface area contributed by atoms with Crippen molar-refractivity contribution < 1.29 is 19.1 Å². The number of thiophene rings is 1. The molecule has 2 heterocycles. The molecular formula is C21H18N2O4S. The number of amides is 2. The van der Waals surface area contributed by atoms with Crippen molar-refractivity contribution >= 4 is 23.2 Å². The molecule has 2 aromatic carbocycles. The Morgan fingerprint density at radius 2 is 1.61 bits per heavy atom. The van der Waals surface area contributed by atoms with Crippen LogP contribution in [0.25, 0.3) is 11.1 Å². The molecule has 0 unspecified atom stereocenters. The second-order valence-corrected chi connectivity index (χ2v) is 7.21. The lowest BCUT2D eigenvalue weighted by Gasteiger charge is -2.18. The molecule has 0 radical (unpaired) electrons. The fourth-order valence-electron chi connectivity index (χ4n) is 2.87. The Hall–Kier alpha value is -3.32. The highest BCUT2D eigenvalue weighted by Gasteiger charge is 2.18. The summed E-state index contributed by atoms with van der Waals surface area (Å²) in [6, 6.07) is 14.7. The van der Waals surface area contributed by atoms with Gasteiger partial charge in [-0.1, -0.05) is 29.8 Å². The number of nitrogens with one attached hydrogen (secondary N) is 2. The Kier molecular flexibility index (Phi) is 4.99. The van der Waals surface area contributed by atoms with E-state index in [4.69, 9.17) is 9.47 Å². The predicted molar refractivity (Wildman–Crippen MR) is 107 cm³/mol. The SMILES string of the molecule is Cc1ccc(-c2ccsc2C(=O)NNC(=O)c2ccc3c(c2)OCCO3)cc1. The van der Waals surface area contributed by atoms with E-state index >= 15 is 0 Å². The lowest BCUT2D eigenvalue weighted by molar-refractivity contribution is 0.0848. The van der Waals surface area contributed by atoms with Gasteiger partial charge >= 0.3 is 0 Å². The van der Waals surface area contributed by atoms with Gasteiger partial charge in [0, 0.05) is 11.1 Å². The van der Waals surface area contributed by atoms with E-state index in [2.05, 4.69) is 10.9 Å². The molecule has 6 nitrogen and oxygen atoms in total. The fraction of sp³-hybridized carbons (Fsp3) is 0.143. The molecule has 2 N–H and O–H groups in total. The Morgan fingerprint density at radius 3 is 2.39 bits per heavy atom. The van der Waals surface area contributed by atoms with Crippen LogP contribution in [0, 0.1) is 6.92 Å². The number of rotatable bonds is 3. The van der Waals surface area contributed by atoms with Crippen molar-refractivity contribution in [2.24, 2.45) is 0 Å². The lowest BCUT2D eigenvalue weighted by atomic mass is 10.1. The number of carbonyl (C=O) groups is 2. The van der Waals surface area contributed by atoms with Gasteiger partial charge < -0.3 is 9.47 Å². The summed E-state index contributed by atoms with van der Waals surface area (Å²) in [6.07, 6.45) is 0. The molecule has 142 valence electrons. The van der Waals surface area contributed by atoms with Crippen molar-refractivity contribution in [1.29, 1.82) is 0 Å². The molecule has 1 aliphatic heterocycles.